The van der Waals surface area contributed by atoms with Gasteiger partial charge in [0.25, 0.3) is 0 Å². The summed E-state index contributed by atoms with van der Waals surface area (Å²) in [7, 11) is 0. The number of benzene rings is 2. The van der Waals surface area contributed by atoms with Gasteiger partial charge in [-0.3, -0.25) is 4.79 Å². The average molecular weight is 303 g/mol. The molecule has 0 radical (unpaired) electrons. The van der Waals surface area contributed by atoms with Crippen LogP contribution in [0.25, 0.3) is 0 Å². The summed E-state index contributed by atoms with van der Waals surface area (Å²) >= 11 is 6.19. The van der Waals surface area contributed by atoms with Gasteiger partial charge in [0.2, 0.25) is 5.91 Å². The Balaban J connectivity index is 2.15. The maximum Gasteiger partial charge on any atom is 0.221 e. The number of nitrogens with one attached hydrogen (secondary N) is 2. The van der Waals surface area contributed by atoms with Crippen molar-refractivity contribution in [1.29, 1.82) is 0 Å². The van der Waals surface area contributed by atoms with Crippen LogP contribution >= 0.6 is 11.6 Å². The lowest BCUT2D eigenvalue weighted by Crippen LogP contribution is -2.10. The van der Waals surface area contributed by atoms with Gasteiger partial charge in [-0.1, -0.05) is 48.9 Å². The van der Waals surface area contributed by atoms with E-state index in [4.69, 9.17) is 11.6 Å². The minimum atomic E-state index is -0.131. The number of carbonyl (C=O) groups excluding carboxylic acids is 1. The number of hydrogen-bond donors (Lipinski definition) is 2. The molecule has 2 N–H and O–H groups in total. The lowest BCUT2D eigenvalue weighted by atomic mass is 10.0. The molecule has 1 unspecified atom stereocenters. The molecule has 21 heavy (non-hydrogen) atoms. The predicted molar refractivity (Wildman–Crippen MR) is 88.9 cm³/mol. The molecule has 0 aromatic heterocycles. The molecule has 2 aromatic carbocycles. The number of rotatable bonds is 5. The van der Waals surface area contributed by atoms with Crippen molar-refractivity contribution in [3.63, 3.8) is 0 Å². The Morgan fingerprint density at radius 1 is 1.19 bits per heavy atom. The number of carbonyl (C=O) groups is 1. The quantitative estimate of drug-likeness (QED) is 0.828. The molecule has 1 atom stereocenters. The molecule has 0 fully saturated rings. The molecule has 1 amide bonds. The summed E-state index contributed by atoms with van der Waals surface area (Å²) in [6.07, 6.45) is 0.967. The number of hydrogen-bond acceptors (Lipinski definition) is 2. The zero-order valence-corrected chi connectivity index (χ0v) is 12.9. The number of amides is 1. The lowest BCUT2D eigenvalue weighted by molar-refractivity contribution is -0.114. The van der Waals surface area contributed by atoms with Crippen LogP contribution < -0.4 is 10.6 Å². The molecular weight excluding hydrogens is 284 g/mol. The Morgan fingerprint density at radius 3 is 2.48 bits per heavy atom. The normalized spacial score (nSPS) is 11.8. The van der Waals surface area contributed by atoms with Crippen molar-refractivity contribution in [3.8, 4) is 0 Å². The van der Waals surface area contributed by atoms with Crippen LogP contribution in [0, 0.1) is 0 Å². The minimum absolute atomic E-state index is 0.131. The van der Waals surface area contributed by atoms with E-state index in [0.717, 1.165) is 12.1 Å². The van der Waals surface area contributed by atoms with E-state index in [0.29, 0.717) is 10.7 Å². The highest BCUT2D eigenvalue weighted by atomic mass is 35.5. The Labute approximate surface area is 130 Å². The topological polar surface area (TPSA) is 41.1 Å². The molecule has 2 rings (SSSR count). The second-order valence-electron chi connectivity index (χ2n) is 4.89. The molecule has 3 nitrogen and oxygen atoms in total. The highest BCUT2D eigenvalue weighted by molar-refractivity contribution is 6.34. The van der Waals surface area contributed by atoms with Crippen molar-refractivity contribution in [2.75, 3.05) is 10.6 Å². The molecular formula is C17H19ClN2O. The average Bonchev–Trinajstić information content (AvgIpc) is 2.48. The zero-order chi connectivity index (χ0) is 15.2. The van der Waals surface area contributed by atoms with Crippen molar-refractivity contribution in [1.82, 2.24) is 0 Å². The van der Waals surface area contributed by atoms with Gasteiger partial charge in [-0.2, -0.15) is 0 Å². The van der Waals surface area contributed by atoms with Crippen molar-refractivity contribution in [2.45, 2.75) is 26.3 Å². The van der Waals surface area contributed by atoms with Gasteiger partial charge in [-0.15, -0.1) is 0 Å². The van der Waals surface area contributed by atoms with E-state index >= 15 is 0 Å². The Kier molecular flexibility index (Phi) is 5.23. The molecule has 2 aromatic rings. The predicted octanol–water partition coefficient (Wildman–Crippen LogP) is 4.86. The first-order chi connectivity index (χ1) is 10.1. The summed E-state index contributed by atoms with van der Waals surface area (Å²) in [5.74, 6) is -0.131. The van der Waals surface area contributed by atoms with Crippen molar-refractivity contribution in [3.05, 3.63) is 59.1 Å². The number of anilines is 2. The maximum atomic E-state index is 11.1. The van der Waals surface area contributed by atoms with E-state index in [1.54, 1.807) is 0 Å². The summed E-state index contributed by atoms with van der Waals surface area (Å²) in [5, 5.41) is 6.70. The first-order valence-corrected chi connectivity index (χ1v) is 7.36. The van der Waals surface area contributed by atoms with Crippen molar-refractivity contribution in [2.24, 2.45) is 0 Å². The van der Waals surface area contributed by atoms with Crippen LogP contribution in [0.4, 0.5) is 11.4 Å². The van der Waals surface area contributed by atoms with Crippen LogP contribution in [0.2, 0.25) is 5.02 Å². The second kappa shape index (κ2) is 7.14. The third-order valence-corrected chi connectivity index (χ3v) is 3.54. The molecule has 110 valence electrons. The second-order valence-corrected chi connectivity index (χ2v) is 5.30. The summed E-state index contributed by atoms with van der Waals surface area (Å²) in [6.45, 7) is 3.60. The van der Waals surface area contributed by atoms with Gasteiger partial charge >= 0.3 is 0 Å². The van der Waals surface area contributed by atoms with E-state index in [1.807, 2.05) is 36.4 Å². The van der Waals surface area contributed by atoms with Gasteiger partial charge in [0.15, 0.2) is 0 Å². The Bertz CT molecular complexity index is 613. The van der Waals surface area contributed by atoms with E-state index in [2.05, 4.69) is 29.7 Å². The van der Waals surface area contributed by atoms with Crippen LogP contribution in [-0.4, -0.2) is 5.91 Å². The van der Waals surface area contributed by atoms with Gasteiger partial charge in [-0.05, 0) is 30.2 Å². The third kappa shape index (κ3) is 4.23. The molecule has 0 aliphatic heterocycles. The van der Waals surface area contributed by atoms with Crippen LogP contribution in [0.5, 0.6) is 0 Å². The lowest BCUT2D eigenvalue weighted by Gasteiger charge is -2.19. The molecule has 0 heterocycles. The molecule has 0 saturated carbocycles. The molecule has 4 heteroatoms. The fourth-order valence-electron chi connectivity index (χ4n) is 2.20. The smallest absolute Gasteiger partial charge is 0.221 e. The maximum absolute atomic E-state index is 11.1. The fourth-order valence-corrected chi connectivity index (χ4v) is 2.43. The highest BCUT2D eigenvalue weighted by Gasteiger charge is 2.10. The fraction of sp³-hybridized carbons (Fsp3) is 0.235. The molecule has 0 spiro atoms. The van der Waals surface area contributed by atoms with Crippen LogP contribution in [0.1, 0.15) is 31.9 Å². The Morgan fingerprint density at radius 2 is 1.90 bits per heavy atom. The molecule has 0 aliphatic rings. The SMILES string of the molecule is CCC(Nc1ccc(NC(C)=O)c(Cl)c1)c1ccccc1. The van der Waals surface area contributed by atoms with Gasteiger partial charge in [-0.25, -0.2) is 0 Å². The zero-order valence-electron chi connectivity index (χ0n) is 12.2. The summed E-state index contributed by atoms with van der Waals surface area (Å²) < 4.78 is 0. The number of halogens is 1. The largest absolute Gasteiger partial charge is 0.378 e. The van der Waals surface area contributed by atoms with Crippen LogP contribution in [0.3, 0.4) is 0 Å². The molecule has 0 saturated heterocycles. The van der Waals surface area contributed by atoms with Crippen LogP contribution in [-0.2, 0) is 4.79 Å². The van der Waals surface area contributed by atoms with Crippen LogP contribution in [0.15, 0.2) is 48.5 Å². The summed E-state index contributed by atoms with van der Waals surface area (Å²) in [5.41, 5.74) is 2.80. The highest BCUT2D eigenvalue weighted by Crippen LogP contribution is 2.28. The van der Waals surface area contributed by atoms with E-state index < -0.39 is 0 Å². The van der Waals surface area contributed by atoms with Gasteiger partial charge in [0, 0.05) is 12.6 Å². The summed E-state index contributed by atoms with van der Waals surface area (Å²) in [4.78, 5) is 11.1. The van der Waals surface area contributed by atoms with E-state index in [-0.39, 0.29) is 11.9 Å². The first-order valence-electron chi connectivity index (χ1n) is 6.98. The van der Waals surface area contributed by atoms with Gasteiger partial charge < -0.3 is 10.6 Å². The molecule has 0 bridgehead atoms. The van der Waals surface area contributed by atoms with Crippen molar-refractivity contribution < 1.29 is 4.79 Å². The molecule has 0 aliphatic carbocycles. The van der Waals surface area contributed by atoms with E-state index in [9.17, 15) is 4.79 Å². The standard InChI is InChI=1S/C17H19ClN2O/c1-3-16(13-7-5-4-6-8-13)20-14-9-10-17(15(18)11-14)19-12(2)21/h4-11,16,20H,3H2,1-2H3,(H,19,21). The van der Waals surface area contributed by atoms with Gasteiger partial charge in [0.1, 0.15) is 0 Å². The van der Waals surface area contributed by atoms with Crippen molar-refractivity contribution >= 4 is 28.9 Å². The van der Waals surface area contributed by atoms with E-state index in [1.165, 1.54) is 12.5 Å². The Hall–Kier alpha value is -2.00. The summed E-state index contributed by atoms with van der Waals surface area (Å²) in [6, 6.07) is 16.1. The first kappa shape index (κ1) is 15.4. The monoisotopic (exact) mass is 302 g/mol. The third-order valence-electron chi connectivity index (χ3n) is 3.23. The van der Waals surface area contributed by atoms with Gasteiger partial charge in [0.05, 0.1) is 16.8 Å². The minimum Gasteiger partial charge on any atom is -0.378 e.